The minimum absolute atomic E-state index is 0.558. The van der Waals surface area contributed by atoms with Crippen molar-refractivity contribution in [1.82, 2.24) is 10.2 Å². The number of aryl methyl sites for hydroxylation is 1. The lowest BCUT2D eigenvalue weighted by molar-refractivity contribution is -0.138. The number of fused-ring (bicyclic) bond motifs is 1. The first-order chi connectivity index (χ1) is 7.09. The SMILES string of the molecule is Cc1ccc2c(C(C)C(=O)O)[nH]nc2c1. The van der Waals surface area contributed by atoms with Crippen LogP contribution in [-0.4, -0.2) is 21.3 Å². The van der Waals surface area contributed by atoms with Crippen LogP contribution in [0.4, 0.5) is 0 Å². The van der Waals surface area contributed by atoms with Crippen LogP contribution < -0.4 is 0 Å². The summed E-state index contributed by atoms with van der Waals surface area (Å²) >= 11 is 0. The van der Waals surface area contributed by atoms with Crippen LogP contribution in [0.3, 0.4) is 0 Å². The number of H-pyrrole nitrogens is 1. The third-order valence-electron chi connectivity index (χ3n) is 2.54. The van der Waals surface area contributed by atoms with Crippen molar-refractivity contribution in [2.24, 2.45) is 0 Å². The van der Waals surface area contributed by atoms with Crippen molar-refractivity contribution in [1.29, 1.82) is 0 Å². The average molecular weight is 204 g/mol. The number of hydrogen-bond donors (Lipinski definition) is 2. The molecule has 2 rings (SSSR count). The van der Waals surface area contributed by atoms with Crippen molar-refractivity contribution in [2.45, 2.75) is 19.8 Å². The second-order valence-corrected chi connectivity index (χ2v) is 3.72. The van der Waals surface area contributed by atoms with Gasteiger partial charge in [0.05, 0.1) is 17.1 Å². The molecule has 4 nitrogen and oxygen atoms in total. The Morgan fingerprint density at radius 3 is 2.93 bits per heavy atom. The summed E-state index contributed by atoms with van der Waals surface area (Å²) < 4.78 is 0. The number of carbonyl (C=O) groups is 1. The highest BCUT2D eigenvalue weighted by molar-refractivity contribution is 5.87. The average Bonchev–Trinajstić information content (AvgIpc) is 2.59. The van der Waals surface area contributed by atoms with Gasteiger partial charge >= 0.3 is 5.97 Å². The molecule has 1 aromatic carbocycles. The van der Waals surface area contributed by atoms with Gasteiger partial charge in [-0.3, -0.25) is 9.89 Å². The molecule has 0 saturated heterocycles. The van der Waals surface area contributed by atoms with Crippen LogP contribution in [0.1, 0.15) is 24.1 Å². The molecule has 0 aliphatic carbocycles. The minimum Gasteiger partial charge on any atom is -0.481 e. The summed E-state index contributed by atoms with van der Waals surface area (Å²) in [7, 11) is 0. The van der Waals surface area contributed by atoms with E-state index in [1.807, 2.05) is 25.1 Å². The van der Waals surface area contributed by atoms with Gasteiger partial charge < -0.3 is 5.11 Å². The van der Waals surface area contributed by atoms with Gasteiger partial charge in [0.1, 0.15) is 0 Å². The maximum absolute atomic E-state index is 10.9. The number of aromatic nitrogens is 2. The van der Waals surface area contributed by atoms with Crippen molar-refractivity contribution in [3.05, 3.63) is 29.5 Å². The van der Waals surface area contributed by atoms with Gasteiger partial charge in [-0.15, -0.1) is 0 Å². The maximum Gasteiger partial charge on any atom is 0.312 e. The van der Waals surface area contributed by atoms with Crippen LogP contribution in [0.5, 0.6) is 0 Å². The van der Waals surface area contributed by atoms with E-state index in [9.17, 15) is 4.79 Å². The van der Waals surface area contributed by atoms with E-state index in [1.54, 1.807) is 6.92 Å². The van der Waals surface area contributed by atoms with Crippen LogP contribution in [0, 0.1) is 6.92 Å². The van der Waals surface area contributed by atoms with Crippen LogP contribution in [0.2, 0.25) is 0 Å². The molecule has 1 heterocycles. The van der Waals surface area contributed by atoms with Crippen molar-refractivity contribution in [3.63, 3.8) is 0 Å². The molecular formula is C11H12N2O2. The normalized spacial score (nSPS) is 12.9. The van der Waals surface area contributed by atoms with Gasteiger partial charge in [-0.25, -0.2) is 0 Å². The summed E-state index contributed by atoms with van der Waals surface area (Å²) in [5.41, 5.74) is 2.60. The van der Waals surface area contributed by atoms with E-state index in [2.05, 4.69) is 10.2 Å². The molecule has 2 aromatic rings. The number of aliphatic carboxylic acids is 1. The molecule has 0 bridgehead atoms. The first kappa shape index (κ1) is 9.71. The Bertz CT molecular complexity index is 516. The number of nitrogens with one attached hydrogen (secondary N) is 1. The summed E-state index contributed by atoms with van der Waals surface area (Å²) in [6.45, 7) is 3.63. The third-order valence-corrected chi connectivity index (χ3v) is 2.54. The molecule has 15 heavy (non-hydrogen) atoms. The lowest BCUT2D eigenvalue weighted by atomic mass is 10.0. The molecule has 0 fully saturated rings. The smallest absolute Gasteiger partial charge is 0.312 e. The minimum atomic E-state index is -0.846. The number of nitrogens with zero attached hydrogens (tertiary/aromatic N) is 1. The number of aromatic amines is 1. The molecule has 1 aromatic heterocycles. The fourth-order valence-electron chi connectivity index (χ4n) is 1.60. The van der Waals surface area contributed by atoms with Gasteiger partial charge in [0.2, 0.25) is 0 Å². The van der Waals surface area contributed by atoms with E-state index in [0.717, 1.165) is 16.5 Å². The van der Waals surface area contributed by atoms with E-state index < -0.39 is 11.9 Å². The first-order valence-corrected chi connectivity index (χ1v) is 4.77. The molecular weight excluding hydrogens is 192 g/mol. The second-order valence-electron chi connectivity index (χ2n) is 3.72. The highest BCUT2D eigenvalue weighted by Gasteiger charge is 2.18. The van der Waals surface area contributed by atoms with Crippen LogP contribution >= 0.6 is 0 Å². The fourth-order valence-corrected chi connectivity index (χ4v) is 1.60. The van der Waals surface area contributed by atoms with Crippen molar-refractivity contribution in [3.8, 4) is 0 Å². The largest absolute Gasteiger partial charge is 0.481 e. The molecule has 0 radical (unpaired) electrons. The zero-order chi connectivity index (χ0) is 11.0. The molecule has 0 aliphatic heterocycles. The molecule has 4 heteroatoms. The quantitative estimate of drug-likeness (QED) is 0.786. The molecule has 0 spiro atoms. The highest BCUT2D eigenvalue weighted by Crippen LogP contribution is 2.23. The molecule has 0 aliphatic rings. The Morgan fingerprint density at radius 2 is 2.27 bits per heavy atom. The van der Waals surface area contributed by atoms with Gasteiger partial charge in [-0.1, -0.05) is 12.1 Å². The zero-order valence-electron chi connectivity index (χ0n) is 8.61. The standard InChI is InChI=1S/C11H12N2O2/c1-6-3-4-8-9(5-6)12-13-10(8)7(2)11(14)15/h3-5,7H,1-2H3,(H,12,13)(H,14,15). The summed E-state index contributed by atoms with van der Waals surface area (Å²) in [6.07, 6.45) is 0. The lowest BCUT2D eigenvalue weighted by Crippen LogP contribution is -2.08. The zero-order valence-corrected chi connectivity index (χ0v) is 8.61. The van der Waals surface area contributed by atoms with Gasteiger partial charge in [-0.05, 0) is 25.5 Å². The monoisotopic (exact) mass is 204 g/mol. The van der Waals surface area contributed by atoms with Gasteiger partial charge in [0.15, 0.2) is 0 Å². The fraction of sp³-hybridized carbons (Fsp3) is 0.273. The molecule has 78 valence electrons. The van der Waals surface area contributed by atoms with E-state index in [-0.39, 0.29) is 0 Å². The predicted octanol–water partition coefficient (Wildman–Crippen LogP) is 2.06. The summed E-state index contributed by atoms with van der Waals surface area (Å²) in [6, 6.07) is 5.79. The number of rotatable bonds is 2. The van der Waals surface area contributed by atoms with Crippen molar-refractivity contribution < 1.29 is 9.90 Å². The lowest BCUT2D eigenvalue weighted by Gasteiger charge is -2.03. The Hall–Kier alpha value is -1.84. The molecule has 1 atom stereocenters. The number of hydrogen-bond acceptors (Lipinski definition) is 2. The Kier molecular flexibility index (Phi) is 2.19. The summed E-state index contributed by atoms with van der Waals surface area (Å²) in [4.78, 5) is 10.9. The third kappa shape index (κ3) is 1.58. The van der Waals surface area contributed by atoms with Gasteiger partial charge in [0, 0.05) is 5.39 Å². The number of carboxylic acids is 1. The topological polar surface area (TPSA) is 66.0 Å². The predicted molar refractivity (Wildman–Crippen MR) is 56.9 cm³/mol. The Labute approximate surface area is 86.9 Å². The Balaban J connectivity index is 2.59. The van der Waals surface area contributed by atoms with Crippen molar-refractivity contribution in [2.75, 3.05) is 0 Å². The van der Waals surface area contributed by atoms with E-state index in [0.29, 0.717) is 5.69 Å². The summed E-state index contributed by atoms with van der Waals surface area (Å²) in [5, 5.41) is 16.7. The van der Waals surface area contributed by atoms with Gasteiger partial charge in [-0.2, -0.15) is 5.10 Å². The molecule has 0 saturated carbocycles. The van der Waals surface area contributed by atoms with Crippen LogP contribution in [0.25, 0.3) is 10.9 Å². The van der Waals surface area contributed by atoms with E-state index in [4.69, 9.17) is 5.11 Å². The Morgan fingerprint density at radius 1 is 1.53 bits per heavy atom. The number of carboxylic acid groups (broad SMARTS) is 1. The maximum atomic E-state index is 10.9. The van der Waals surface area contributed by atoms with Crippen LogP contribution in [-0.2, 0) is 4.79 Å². The van der Waals surface area contributed by atoms with E-state index >= 15 is 0 Å². The second kappa shape index (κ2) is 3.38. The summed E-state index contributed by atoms with van der Waals surface area (Å²) in [5.74, 6) is -1.40. The van der Waals surface area contributed by atoms with Crippen LogP contribution in [0.15, 0.2) is 18.2 Å². The molecule has 1 unspecified atom stereocenters. The number of benzene rings is 1. The molecule has 2 N–H and O–H groups in total. The highest BCUT2D eigenvalue weighted by atomic mass is 16.4. The first-order valence-electron chi connectivity index (χ1n) is 4.77. The van der Waals surface area contributed by atoms with E-state index in [1.165, 1.54) is 0 Å². The molecule has 0 amide bonds. The van der Waals surface area contributed by atoms with Gasteiger partial charge in [0.25, 0.3) is 0 Å². The van der Waals surface area contributed by atoms with Crippen molar-refractivity contribution >= 4 is 16.9 Å².